The summed E-state index contributed by atoms with van der Waals surface area (Å²) >= 11 is 0. The highest BCUT2D eigenvalue weighted by molar-refractivity contribution is 6.06. The summed E-state index contributed by atoms with van der Waals surface area (Å²) in [4.78, 5) is 39.6. The summed E-state index contributed by atoms with van der Waals surface area (Å²) in [5.74, 6) is -0.411. The van der Waals surface area contributed by atoms with Crippen molar-refractivity contribution in [3.63, 3.8) is 0 Å². The molecule has 3 N–H and O–H groups in total. The Labute approximate surface area is 202 Å². The van der Waals surface area contributed by atoms with Crippen LogP contribution in [0.4, 0.5) is 11.4 Å². The maximum Gasteiger partial charge on any atom is 0.257 e. The lowest BCUT2D eigenvalue weighted by atomic mass is 9.89. The molecule has 4 aromatic rings. The van der Waals surface area contributed by atoms with Crippen molar-refractivity contribution in [2.24, 2.45) is 7.05 Å². The van der Waals surface area contributed by atoms with Crippen LogP contribution in [0.3, 0.4) is 0 Å². The molecule has 180 valence electrons. The van der Waals surface area contributed by atoms with Gasteiger partial charge < -0.3 is 15.6 Å². The number of rotatable bonds is 6. The summed E-state index contributed by atoms with van der Waals surface area (Å²) in [6.45, 7) is 7.32. The average Bonchev–Trinajstić information content (AvgIpc) is 3.44. The Kier molecular flexibility index (Phi) is 5.60. The molecular formula is C25H28N8O2. The van der Waals surface area contributed by atoms with Crippen molar-refractivity contribution >= 4 is 34.2 Å². The molecule has 35 heavy (non-hydrogen) atoms. The zero-order valence-corrected chi connectivity index (χ0v) is 20.2. The lowest BCUT2D eigenvalue weighted by Crippen LogP contribution is -2.57. The fraction of sp³-hybridized carbons (Fsp3) is 0.320. The van der Waals surface area contributed by atoms with Gasteiger partial charge in [-0.2, -0.15) is 5.10 Å². The van der Waals surface area contributed by atoms with Gasteiger partial charge in [-0.05, 0) is 45.4 Å². The number of anilines is 2. The van der Waals surface area contributed by atoms with E-state index in [2.05, 4.69) is 49.4 Å². The number of aromatic nitrogens is 5. The summed E-state index contributed by atoms with van der Waals surface area (Å²) < 4.78 is 1.73. The molecular weight excluding hydrogens is 444 g/mol. The number of H-pyrrole nitrogens is 1. The molecule has 1 saturated heterocycles. The van der Waals surface area contributed by atoms with Crippen LogP contribution in [0, 0.1) is 6.92 Å². The van der Waals surface area contributed by atoms with Gasteiger partial charge in [0, 0.05) is 42.5 Å². The van der Waals surface area contributed by atoms with Gasteiger partial charge in [0.2, 0.25) is 5.91 Å². The van der Waals surface area contributed by atoms with Crippen LogP contribution < -0.4 is 10.6 Å². The van der Waals surface area contributed by atoms with Gasteiger partial charge in [-0.15, -0.1) is 0 Å². The summed E-state index contributed by atoms with van der Waals surface area (Å²) in [7, 11) is 1.86. The highest BCUT2D eigenvalue weighted by Crippen LogP contribution is 2.29. The van der Waals surface area contributed by atoms with Gasteiger partial charge in [-0.25, -0.2) is 4.98 Å². The highest BCUT2D eigenvalue weighted by atomic mass is 16.2. The first-order valence-electron chi connectivity index (χ1n) is 11.5. The number of fused-ring (bicyclic) bond motifs is 1. The Bertz CT molecular complexity index is 1430. The number of carbonyl (C=O) groups is 2. The summed E-state index contributed by atoms with van der Waals surface area (Å²) in [5, 5.41) is 10.8. The van der Waals surface area contributed by atoms with E-state index in [4.69, 9.17) is 0 Å². The molecule has 0 radical (unpaired) electrons. The number of likely N-dealkylation sites (tertiary alicyclic amines) is 1. The van der Waals surface area contributed by atoms with Crippen molar-refractivity contribution in [3.8, 4) is 11.3 Å². The largest absolute Gasteiger partial charge is 0.339 e. The molecule has 5 heterocycles. The van der Waals surface area contributed by atoms with Gasteiger partial charge in [-0.1, -0.05) is 0 Å². The Morgan fingerprint density at radius 1 is 1.11 bits per heavy atom. The lowest BCUT2D eigenvalue weighted by Gasteiger charge is -2.48. The van der Waals surface area contributed by atoms with E-state index >= 15 is 0 Å². The molecule has 4 aromatic heterocycles. The Morgan fingerprint density at radius 2 is 1.94 bits per heavy atom. The third kappa shape index (κ3) is 4.65. The van der Waals surface area contributed by atoms with Gasteiger partial charge in [0.1, 0.15) is 5.65 Å². The molecule has 0 aromatic carbocycles. The topological polar surface area (TPSA) is 121 Å². The number of hydrogen-bond donors (Lipinski definition) is 3. The first kappa shape index (κ1) is 22.7. The first-order chi connectivity index (χ1) is 16.7. The lowest BCUT2D eigenvalue weighted by molar-refractivity contribution is -0.121. The van der Waals surface area contributed by atoms with Crippen LogP contribution in [0.15, 0.2) is 43.0 Å². The number of carbonyl (C=O) groups excluding carboxylic acids is 2. The molecule has 1 fully saturated rings. The van der Waals surface area contributed by atoms with E-state index in [0.29, 0.717) is 34.8 Å². The van der Waals surface area contributed by atoms with Gasteiger partial charge in [0.15, 0.2) is 0 Å². The Hall–Kier alpha value is -4.05. The predicted molar refractivity (Wildman–Crippen MR) is 134 cm³/mol. The minimum atomic E-state index is -0.311. The molecule has 1 aliphatic rings. The minimum Gasteiger partial charge on any atom is -0.339 e. The molecule has 0 saturated carbocycles. The molecule has 0 aliphatic carbocycles. The van der Waals surface area contributed by atoms with E-state index in [-0.39, 0.29) is 17.4 Å². The van der Waals surface area contributed by atoms with Crippen LogP contribution in [0.5, 0.6) is 0 Å². The van der Waals surface area contributed by atoms with E-state index in [0.717, 1.165) is 29.6 Å². The molecule has 1 aliphatic heterocycles. The number of aromatic amines is 1. The van der Waals surface area contributed by atoms with E-state index in [1.54, 1.807) is 29.2 Å². The standard InChI is InChI=1S/C25H28N8O2/c1-15-20(30-22(34)14-33-6-5-25(33,2)3)9-19(12-26-15)29-24(35)17-7-16-8-21(31-23(16)27-10-17)18-11-28-32(4)13-18/h7-13H,5-6,14H2,1-4H3,(H,27,31)(H,29,35)(H,30,34). The zero-order valence-electron chi connectivity index (χ0n) is 20.2. The molecule has 10 heteroatoms. The van der Waals surface area contributed by atoms with Crippen molar-refractivity contribution in [1.82, 2.24) is 29.6 Å². The summed E-state index contributed by atoms with van der Waals surface area (Å²) in [6, 6.07) is 5.45. The van der Waals surface area contributed by atoms with Gasteiger partial charge in [0.05, 0.1) is 47.3 Å². The quantitative estimate of drug-likeness (QED) is 0.396. The highest BCUT2D eigenvalue weighted by Gasteiger charge is 2.36. The average molecular weight is 473 g/mol. The third-order valence-electron chi connectivity index (χ3n) is 6.55. The number of hydrogen-bond acceptors (Lipinski definition) is 6. The molecule has 0 unspecified atom stereocenters. The fourth-order valence-corrected chi connectivity index (χ4v) is 4.16. The van der Waals surface area contributed by atoms with E-state index in [9.17, 15) is 9.59 Å². The number of nitrogens with zero attached hydrogens (tertiary/aromatic N) is 5. The zero-order chi connectivity index (χ0) is 24.7. The number of pyridine rings is 2. The minimum absolute atomic E-state index is 0.0494. The van der Waals surface area contributed by atoms with Crippen LogP contribution in [-0.2, 0) is 11.8 Å². The van der Waals surface area contributed by atoms with Gasteiger partial charge >= 0.3 is 0 Å². The Balaban J connectivity index is 1.29. The number of amides is 2. The first-order valence-corrected chi connectivity index (χ1v) is 11.5. The van der Waals surface area contributed by atoms with Crippen molar-refractivity contribution in [3.05, 3.63) is 54.2 Å². The molecule has 0 atom stereocenters. The number of aryl methyl sites for hydroxylation is 2. The van der Waals surface area contributed by atoms with Crippen molar-refractivity contribution < 1.29 is 9.59 Å². The predicted octanol–water partition coefficient (Wildman–Crippen LogP) is 3.34. The molecule has 10 nitrogen and oxygen atoms in total. The van der Waals surface area contributed by atoms with Crippen LogP contribution in [0.2, 0.25) is 0 Å². The van der Waals surface area contributed by atoms with Crippen molar-refractivity contribution in [2.75, 3.05) is 23.7 Å². The van der Waals surface area contributed by atoms with Crippen LogP contribution in [0.25, 0.3) is 22.3 Å². The normalized spacial score (nSPS) is 15.1. The van der Waals surface area contributed by atoms with Crippen molar-refractivity contribution in [2.45, 2.75) is 32.7 Å². The SMILES string of the molecule is Cc1ncc(NC(=O)c2cnc3[nH]c(-c4cnn(C)c4)cc3c2)cc1NC(=O)CN1CCC1(C)C. The third-order valence-corrected chi connectivity index (χ3v) is 6.55. The fourth-order valence-electron chi connectivity index (χ4n) is 4.16. The molecule has 0 spiro atoms. The molecule has 2 amide bonds. The van der Waals surface area contributed by atoms with Crippen LogP contribution in [0.1, 0.15) is 36.3 Å². The number of nitrogens with one attached hydrogen (secondary N) is 3. The second kappa shape index (κ2) is 8.62. The van der Waals surface area contributed by atoms with Gasteiger partial charge in [0.25, 0.3) is 5.91 Å². The van der Waals surface area contributed by atoms with Crippen LogP contribution in [-0.4, -0.2) is 60.1 Å². The second-order valence-corrected chi connectivity index (χ2v) is 9.59. The molecule has 0 bridgehead atoms. The van der Waals surface area contributed by atoms with E-state index in [1.165, 1.54) is 6.20 Å². The summed E-state index contributed by atoms with van der Waals surface area (Å²) in [6.07, 6.45) is 7.86. The summed E-state index contributed by atoms with van der Waals surface area (Å²) in [5.41, 5.74) is 4.72. The van der Waals surface area contributed by atoms with E-state index in [1.807, 2.05) is 26.2 Å². The monoisotopic (exact) mass is 472 g/mol. The van der Waals surface area contributed by atoms with Crippen molar-refractivity contribution in [1.29, 1.82) is 0 Å². The maximum atomic E-state index is 12.9. The Morgan fingerprint density at radius 3 is 2.63 bits per heavy atom. The van der Waals surface area contributed by atoms with Gasteiger partial charge in [-0.3, -0.25) is 24.2 Å². The maximum absolute atomic E-state index is 12.9. The molecule has 5 rings (SSSR count). The van der Waals surface area contributed by atoms with Crippen LogP contribution >= 0.6 is 0 Å². The smallest absolute Gasteiger partial charge is 0.257 e. The second-order valence-electron chi connectivity index (χ2n) is 9.59. The van der Waals surface area contributed by atoms with E-state index < -0.39 is 0 Å².